The van der Waals surface area contributed by atoms with Crippen molar-refractivity contribution in [3.05, 3.63) is 59.2 Å². The van der Waals surface area contributed by atoms with Crippen molar-refractivity contribution in [1.29, 1.82) is 0 Å². The first kappa shape index (κ1) is 23.3. The average molecular weight is 413 g/mol. The van der Waals surface area contributed by atoms with Gasteiger partial charge in [0.25, 0.3) is 5.91 Å². The van der Waals surface area contributed by atoms with Crippen molar-refractivity contribution in [3.8, 4) is 11.5 Å². The van der Waals surface area contributed by atoms with Gasteiger partial charge in [-0.15, -0.1) is 0 Å². The summed E-state index contributed by atoms with van der Waals surface area (Å²) in [4.78, 5) is 24.3. The minimum Gasteiger partial charge on any atom is -0.497 e. The summed E-state index contributed by atoms with van der Waals surface area (Å²) in [5.41, 5.74) is 2.77. The zero-order valence-corrected chi connectivity index (χ0v) is 18.5. The van der Waals surface area contributed by atoms with Crippen molar-refractivity contribution in [3.63, 3.8) is 0 Å². The van der Waals surface area contributed by atoms with Gasteiger partial charge in [-0.3, -0.25) is 9.59 Å². The van der Waals surface area contributed by atoms with Gasteiger partial charge in [-0.05, 0) is 53.3 Å². The number of nitrogens with one attached hydrogen (secondary N) is 2. The third kappa shape index (κ3) is 6.79. The zero-order valence-electron chi connectivity index (χ0n) is 18.5. The fourth-order valence-electron chi connectivity index (χ4n) is 3.02. The molecule has 0 aliphatic rings. The number of amides is 2. The van der Waals surface area contributed by atoms with E-state index in [9.17, 15) is 9.59 Å². The molecule has 2 aromatic rings. The van der Waals surface area contributed by atoms with Crippen molar-refractivity contribution in [2.75, 3.05) is 27.3 Å². The van der Waals surface area contributed by atoms with E-state index in [1.54, 1.807) is 14.2 Å². The Morgan fingerprint density at radius 2 is 1.60 bits per heavy atom. The minimum atomic E-state index is -0.177. The number of benzene rings is 2. The van der Waals surface area contributed by atoms with E-state index in [0.29, 0.717) is 18.5 Å². The predicted octanol–water partition coefficient (Wildman–Crippen LogP) is 3.48. The van der Waals surface area contributed by atoms with E-state index < -0.39 is 0 Å². The smallest absolute Gasteiger partial charge is 0.251 e. The topological polar surface area (TPSA) is 76.7 Å². The van der Waals surface area contributed by atoms with Crippen LogP contribution in [-0.4, -0.2) is 39.1 Å². The monoisotopic (exact) mass is 412 g/mol. The molecular weight excluding hydrogens is 380 g/mol. The summed E-state index contributed by atoms with van der Waals surface area (Å²) in [5, 5.41) is 5.66. The molecule has 6 nitrogen and oxygen atoms in total. The summed E-state index contributed by atoms with van der Waals surface area (Å²) >= 11 is 0. The maximum atomic E-state index is 12.2. The van der Waals surface area contributed by atoms with Gasteiger partial charge in [0.15, 0.2) is 0 Å². The summed E-state index contributed by atoms with van der Waals surface area (Å²) in [6.07, 6.45) is 0.847. The Morgan fingerprint density at radius 3 is 2.20 bits per heavy atom. The van der Waals surface area contributed by atoms with Crippen molar-refractivity contribution < 1.29 is 19.1 Å². The van der Waals surface area contributed by atoms with Crippen LogP contribution in [0.4, 0.5) is 0 Å². The molecule has 0 aliphatic carbocycles. The highest BCUT2D eigenvalue weighted by molar-refractivity contribution is 5.94. The van der Waals surface area contributed by atoms with E-state index in [4.69, 9.17) is 9.47 Å². The van der Waals surface area contributed by atoms with Crippen LogP contribution in [0, 0.1) is 0 Å². The fraction of sp³-hybridized carbons (Fsp3) is 0.417. The standard InChI is InChI=1S/C24H32N2O4/c1-24(2,3)19-8-6-17(7-9-19)23(28)26-15-13-22(27)25-14-12-18-16-20(29-4)10-11-21(18)30-5/h6-11,16H,12-15H2,1-5H3,(H,25,27)(H,26,28). The van der Waals surface area contributed by atoms with Crippen molar-refractivity contribution in [1.82, 2.24) is 10.6 Å². The van der Waals surface area contributed by atoms with Gasteiger partial charge in [0.1, 0.15) is 11.5 Å². The second-order valence-electron chi connectivity index (χ2n) is 8.11. The average Bonchev–Trinajstić information content (AvgIpc) is 2.73. The van der Waals surface area contributed by atoms with Gasteiger partial charge in [0.05, 0.1) is 14.2 Å². The molecule has 0 spiro atoms. The van der Waals surface area contributed by atoms with Gasteiger partial charge < -0.3 is 20.1 Å². The van der Waals surface area contributed by atoms with Crippen molar-refractivity contribution in [2.24, 2.45) is 0 Å². The van der Waals surface area contributed by atoms with Crippen LogP contribution in [0.2, 0.25) is 0 Å². The Hall–Kier alpha value is -3.02. The lowest BCUT2D eigenvalue weighted by Crippen LogP contribution is -2.31. The van der Waals surface area contributed by atoms with E-state index in [2.05, 4.69) is 31.4 Å². The van der Waals surface area contributed by atoms with Crippen molar-refractivity contribution >= 4 is 11.8 Å². The van der Waals surface area contributed by atoms with E-state index in [-0.39, 0.29) is 30.2 Å². The Morgan fingerprint density at radius 1 is 0.900 bits per heavy atom. The van der Waals surface area contributed by atoms with Gasteiger partial charge >= 0.3 is 0 Å². The number of carbonyl (C=O) groups is 2. The second-order valence-corrected chi connectivity index (χ2v) is 8.11. The summed E-state index contributed by atoms with van der Waals surface area (Å²) < 4.78 is 10.6. The molecule has 2 rings (SSSR count). The van der Waals surface area contributed by atoms with Crippen LogP contribution in [0.25, 0.3) is 0 Å². The lowest BCUT2D eigenvalue weighted by atomic mass is 9.87. The molecule has 0 bridgehead atoms. The highest BCUT2D eigenvalue weighted by Crippen LogP contribution is 2.24. The van der Waals surface area contributed by atoms with Gasteiger partial charge in [0, 0.05) is 25.1 Å². The molecule has 0 fully saturated rings. The van der Waals surface area contributed by atoms with Gasteiger partial charge in [-0.25, -0.2) is 0 Å². The summed E-state index contributed by atoms with van der Waals surface area (Å²) in [7, 11) is 3.23. The number of ether oxygens (including phenoxy) is 2. The van der Waals surface area contributed by atoms with Crippen LogP contribution in [0.1, 0.15) is 48.7 Å². The molecule has 0 aromatic heterocycles. The molecule has 6 heteroatoms. The molecule has 0 atom stereocenters. The second kappa shape index (κ2) is 10.7. The number of hydrogen-bond donors (Lipinski definition) is 2. The van der Waals surface area contributed by atoms with Gasteiger partial charge in [-0.1, -0.05) is 32.9 Å². The molecule has 2 N–H and O–H groups in total. The highest BCUT2D eigenvalue weighted by Gasteiger charge is 2.14. The lowest BCUT2D eigenvalue weighted by Gasteiger charge is -2.19. The van der Waals surface area contributed by atoms with Gasteiger partial charge in [-0.2, -0.15) is 0 Å². The van der Waals surface area contributed by atoms with Crippen LogP contribution < -0.4 is 20.1 Å². The van der Waals surface area contributed by atoms with Crippen LogP contribution in [0.3, 0.4) is 0 Å². The molecule has 2 amide bonds. The number of methoxy groups -OCH3 is 2. The van der Waals surface area contributed by atoms with E-state index in [1.165, 1.54) is 5.56 Å². The number of carbonyl (C=O) groups excluding carboxylic acids is 2. The van der Waals surface area contributed by atoms with Crippen LogP contribution in [-0.2, 0) is 16.6 Å². The summed E-state index contributed by atoms with van der Waals surface area (Å²) in [6.45, 7) is 7.15. The van der Waals surface area contributed by atoms with Crippen molar-refractivity contribution in [2.45, 2.75) is 39.0 Å². The third-order valence-corrected chi connectivity index (χ3v) is 4.85. The fourth-order valence-corrected chi connectivity index (χ4v) is 3.02. The Kier molecular flexibility index (Phi) is 8.27. The number of hydrogen-bond acceptors (Lipinski definition) is 4. The van der Waals surface area contributed by atoms with Gasteiger partial charge in [0.2, 0.25) is 5.91 Å². The van der Waals surface area contributed by atoms with E-state index in [1.807, 2.05) is 42.5 Å². The molecule has 2 aromatic carbocycles. The summed E-state index contributed by atoms with van der Waals surface area (Å²) in [6, 6.07) is 13.1. The van der Waals surface area contributed by atoms with E-state index >= 15 is 0 Å². The first-order valence-corrected chi connectivity index (χ1v) is 10.1. The highest BCUT2D eigenvalue weighted by atomic mass is 16.5. The Labute approximate surface area is 179 Å². The maximum Gasteiger partial charge on any atom is 0.251 e. The molecule has 30 heavy (non-hydrogen) atoms. The Bertz CT molecular complexity index is 854. The van der Waals surface area contributed by atoms with Crippen LogP contribution >= 0.6 is 0 Å². The molecule has 0 saturated carbocycles. The normalized spacial score (nSPS) is 11.0. The predicted molar refractivity (Wildman–Crippen MR) is 118 cm³/mol. The molecule has 0 heterocycles. The largest absolute Gasteiger partial charge is 0.497 e. The quantitative estimate of drug-likeness (QED) is 0.661. The minimum absolute atomic E-state index is 0.0436. The van der Waals surface area contributed by atoms with Crippen LogP contribution in [0.5, 0.6) is 11.5 Å². The zero-order chi connectivity index (χ0) is 22.1. The molecular formula is C24H32N2O4. The molecule has 162 valence electrons. The Balaban J connectivity index is 1.74. The maximum absolute atomic E-state index is 12.2. The molecule has 0 aliphatic heterocycles. The SMILES string of the molecule is COc1ccc(OC)c(CCNC(=O)CCNC(=O)c2ccc(C(C)(C)C)cc2)c1. The molecule has 0 saturated heterocycles. The first-order valence-electron chi connectivity index (χ1n) is 10.1. The van der Waals surface area contributed by atoms with E-state index in [0.717, 1.165) is 17.1 Å². The number of rotatable bonds is 9. The lowest BCUT2D eigenvalue weighted by molar-refractivity contribution is -0.120. The third-order valence-electron chi connectivity index (χ3n) is 4.85. The molecule has 0 unspecified atom stereocenters. The summed E-state index contributed by atoms with van der Waals surface area (Å²) in [5.74, 6) is 1.22. The molecule has 0 radical (unpaired) electrons. The van der Waals surface area contributed by atoms with Crippen LogP contribution in [0.15, 0.2) is 42.5 Å². The first-order chi connectivity index (χ1) is 14.2.